The van der Waals surface area contributed by atoms with Gasteiger partial charge in [-0.05, 0) is 6.07 Å². The zero-order chi connectivity index (χ0) is 13.4. The average Bonchev–Trinajstić information content (AvgIpc) is 2.64. The zero-order valence-corrected chi connectivity index (χ0v) is 9.65. The summed E-state index contributed by atoms with van der Waals surface area (Å²) in [5, 5.41) is 25.8. The highest BCUT2D eigenvalue weighted by Gasteiger charge is 2.45. The van der Waals surface area contributed by atoms with E-state index in [4.69, 9.17) is 15.3 Å². The second-order valence-corrected chi connectivity index (χ2v) is 4.13. The van der Waals surface area contributed by atoms with E-state index >= 15 is 0 Å². The number of nitrogens with zero attached hydrogens (tertiary/aromatic N) is 2. The summed E-state index contributed by atoms with van der Waals surface area (Å²) in [5.74, 6) is 0. The number of alkyl halides is 1. The molecule has 4 atom stereocenters. The number of aliphatic hydroxyl groups excluding tert-OH is 2. The maximum atomic E-state index is 13.8. The number of aromatic nitrogens is 2. The number of hydrogen-bond donors (Lipinski definition) is 3. The number of aliphatic hydroxyl groups is 2. The van der Waals surface area contributed by atoms with Crippen molar-refractivity contribution in [2.75, 3.05) is 6.61 Å². The van der Waals surface area contributed by atoms with Crippen LogP contribution in [0, 0.1) is 5.41 Å². The van der Waals surface area contributed by atoms with Crippen molar-refractivity contribution in [3.63, 3.8) is 0 Å². The van der Waals surface area contributed by atoms with Gasteiger partial charge in [0.25, 0.3) is 0 Å². The van der Waals surface area contributed by atoms with Crippen molar-refractivity contribution < 1.29 is 19.3 Å². The molecule has 2 rings (SSSR count). The lowest BCUT2D eigenvalue weighted by Gasteiger charge is -2.16. The molecule has 1 fully saturated rings. The number of halogens is 1. The summed E-state index contributed by atoms with van der Waals surface area (Å²) in [5.41, 5.74) is -0.648. The summed E-state index contributed by atoms with van der Waals surface area (Å²) in [6, 6.07) is 1.32. The van der Waals surface area contributed by atoms with Crippen molar-refractivity contribution >= 4 is 0 Å². The first-order valence-electron chi connectivity index (χ1n) is 5.38. The molecule has 3 N–H and O–H groups in total. The standard InChI is InChI=1S/C10H14FN3O4/c1-13-6(12)2-3-14(10(13)17)9-7(11)8(16)5(4-15)18-9/h2-3,5,7-9,12,15-16H,4H2,1H3/t5-,7-,8-,9-/m1/s1. The normalized spacial score (nSPS) is 31.8. The molecule has 0 unspecified atom stereocenters. The monoisotopic (exact) mass is 259 g/mol. The first-order valence-corrected chi connectivity index (χ1v) is 5.38. The highest BCUT2D eigenvalue weighted by Crippen LogP contribution is 2.30. The van der Waals surface area contributed by atoms with E-state index in [0.717, 1.165) is 9.13 Å². The summed E-state index contributed by atoms with van der Waals surface area (Å²) in [6.07, 6.45) is -4.41. The maximum Gasteiger partial charge on any atom is 0.331 e. The zero-order valence-electron chi connectivity index (χ0n) is 9.65. The van der Waals surface area contributed by atoms with Crippen molar-refractivity contribution in [2.24, 2.45) is 7.05 Å². The number of hydrogen-bond acceptors (Lipinski definition) is 5. The highest BCUT2D eigenvalue weighted by molar-refractivity contribution is 4.93. The van der Waals surface area contributed by atoms with Crippen LogP contribution in [0.4, 0.5) is 4.39 Å². The van der Waals surface area contributed by atoms with Gasteiger partial charge in [-0.2, -0.15) is 0 Å². The Morgan fingerprint density at radius 3 is 2.83 bits per heavy atom. The average molecular weight is 259 g/mol. The van der Waals surface area contributed by atoms with Gasteiger partial charge in [-0.1, -0.05) is 0 Å². The summed E-state index contributed by atoms with van der Waals surface area (Å²) in [6.45, 7) is -0.532. The summed E-state index contributed by atoms with van der Waals surface area (Å²) in [7, 11) is 1.38. The number of rotatable bonds is 2. The van der Waals surface area contributed by atoms with Gasteiger partial charge in [0.2, 0.25) is 0 Å². The third-order valence-electron chi connectivity index (χ3n) is 3.01. The molecular formula is C10H14FN3O4. The Morgan fingerprint density at radius 2 is 2.28 bits per heavy atom. The molecule has 7 nitrogen and oxygen atoms in total. The van der Waals surface area contributed by atoms with Gasteiger partial charge in [-0.25, -0.2) is 9.18 Å². The van der Waals surface area contributed by atoms with Crippen LogP contribution < -0.4 is 11.2 Å². The second-order valence-electron chi connectivity index (χ2n) is 4.13. The van der Waals surface area contributed by atoms with E-state index in [9.17, 15) is 14.3 Å². The quantitative estimate of drug-likeness (QED) is 0.586. The Kier molecular flexibility index (Phi) is 3.33. The van der Waals surface area contributed by atoms with Crippen molar-refractivity contribution in [3.8, 4) is 0 Å². The molecule has 1 aromatic heterocycles. The van der Waals surface area contributed by atoms with E-state index in [0.29, 0.717) is 0 Å². The Labute approximate surface area is 101 Å². The molecule has 18 heavy (non-hydrogen) atoms. The third-order valence-corrected chi connectivity index (χ3v) is 3.01. The molecule has 0 aliphatic carbocycles. The predicted octanol–water partition coefficient (Wildman–Crippen LogP) is -1.75. The van der Waals surface area contributed by atoms with Gasteiger partial charge in [0.1, 0.15) is 17.7 Å². The lowest BCUT2D eigenvalue weighted by molar-refractivity contribution is -0.0495. The van der Waals surface area contributed by atoms with Crippen molar-refractivity contribution in [3.05, 3.63) is 28.2 Å². The fourth-order valence-corrected chi connectivity index (χ4v) is 1.87. The molecule has 2 heterocycles. The van der Waals surface area contributed by atoms with Gasteiger partial charge in [-0.3, -0.25) is 14.5 Å². The molecule has 0 bridgehead atoms. The van der Waals surface area contributed by atoms with Crippen LogP contribution >= 0.6 is 0 Å². The van der Waals surface area contributed by atoms with Crippen molar-refractivity contribution in [1.82, 2.24) is 9.13 Å². The lowest BCUT2D eigenvalue weighted by Crippen LogP contribution is -2.40. The van der Waals surface area contributed by atoms with E-state index in [1.54, 1.807) is 0 Å². The first kappa shape index (κ1) is 12.9. The summed E-state index contributed by atoms with van der Waals surface area (Å²) >= 11 is 0. The molecule has 1 aromatic rings. The molecule has 1 aliphatic heterocycles. The van der Waals surface area contributed by atoms with E-state index in [-0.39, 0.29) is 5.49 Å². The van der Waals surface area contributed by atoms with Crippen molar-refractivity contribution in [1.29, 1.82) is 5.41 Å². The van der Waals surface area contributed by atoms with E-state index < -0.39 is 36.9 Å². The fraction of sp³-hybridized carbons (Fsp3) is 0.600. The minimum atomic E-state index is -1.81. The molecule has 0 aromatic carbocycles. The van der Waals surface area contributed by atoms with Crippen LogP contribution in [-0.2, 0) is 11.8 Å². The van der Waals surface area contributed by atoms with Crippen LogP contribution in [0.25, 0.3) is 0 Å². The SMILES string of the molecule is Cn1c(=N)ccn([C@@H]2O[C@H](CO)[C@@H](O)[C@H]2F)c1=O. The molecule has 100 valence electrons. The Balaban J connectivity index is 2.42. The third kappa shape index (κ3) is 1.88. The van der Waals surface area contributed by atoms with E-state index in [1.165, 1.54) is 19.3 Å². The highest BCUT2D eigenvalue weighted by atomic mass is 19.1. The van der Waals surface area contributed by atoms with Gasteiger partial charge in [0.15, 0.2) is 12.4 Å². The summed E-state index contributed by atoms with van der Waals surface area (Å²) in [4.78, 5) is 11.8. The largest absolute Gasteiger partial charge is 0.394 e. The molecule has 0 radical (unpaired) electrons. The van der Waals surface area contributed by atoms with Crippen LogP contribution in [0.5, 0.6) is 0 Å². The molecule has 0 spiro atoms. The van der Waals surface area contributed by atoms with Gasteiger partial charge < -0.3 is 14.9 Å². The molecule has 0 saturated carbocycles. The summed E-state index contributed by atoms with van der Waals surface area (Å²) < 4.78 is 20.9. The van der Waals surface area contributed by atoms with Gasteiger partial charge in [0.05, 0.1) is 6.61 Å². The smallest absolute Gasteiger partial charge is 0.331 e. The minimum absolute atomic E-state index is 0.0242. The number of nitrogens with one attached hydrogen (secondary N) is 1. The van der Waals surface area contributed by atoms with E-state index in [1.807, 2.05) is 0 Å². The van der Waals surface area contributed by atoms with Gasteiger partial charge in [-0.15, -0.1) is 0 Å². The lowest BCUT2D eigenvalue weighted by atomic mass is 10.1. The maximum absolute atomic E-state index is 13.8. The Bertz CT molecular complexity index is 555. The molecular weight excluding hydrogens is 245 g/mol. The predicted molar refractivity (Wildman–Crippen MR) is 57.4 cm³/mol. The second kappa shape index (κ2) is 4.63. The van der Waals surface area contributed by atoms with Crippen LogP contribution in [0.15, 0.2) is 17.1 Å². The van der Waals surface area contributed by atoms with Crippen LogP contribution in [-0.4, -0.2) is 44.3 Å². The topological polar surface area (TPSA) is 100 Å². The fourth-order valence-electron chi connectivity index (χ4n) is 1.87. The van der Waals surface area contributed by atoms with Crippen LogP contribution in [0.2, 0.25) is 0 Å². The number of ether oxygens (including phenoxy) is 1. The van der Waals surface area contributed by atoms with Crippen molar-refractivity contribution in [2.45, 2.75) is 24.6 Å². The minimum Gasteiger partial charge on any atom is -0.394 e. The van der Waals surface area contributed by atoms with Crippen LogP contribution in [0.1, 0.15) is 6.23 Å². The Hall–Kier alpha value is -1.51. The molecule has 8 heteroatoms. The Morgan fingerprint density at radius 1 is 1.61 bits per heavy atom. The first-order chi connectivity index (χ1) is 8.47. The molecule has 1 saturated heterocycles. The molecule has 1 aliphatic rings. The van der Waals surface area contributed by atoms with Gasteiger partial charge in [0, 0.05) is 13.2 Å². The van der Waals surface area contributed by atoms with E-state index in [2.05, 4.69) is 0 Å². The molecule has 0 amide bonds. The van der Waals surface area contributed by atoms with Gasteiger partial charge >= 0.3 is 5.69 Å². The van der Waals surface area contributed by atoms with Crippen LogP contribution in [0.3, 0.4) is 0 Å².